The van der Waals surface area contributed by atoms with Crippen molar-refractivity contribution in [1.29, 1.82) is 0 Å². The summed E-state index contributed by atoms with van der Waals surface area (Å²) >= 11 is 0. The summed E-state index contributed by atoms with van der Waals surface area (Å²) in [6, 6.07) is 7.21. The van der Waals surface area contributed by atoms with Crippen molar-refractivity contribution in [3.63, 3.8) is 0 Å². The molecule has 1 amide bonds. The standard InChI is InChI=1S/C15H19NO3/c1-2-9-19-12-6-3-5-11(10-12)16-15(18)13-7-4-8-14(13)17/h2-3,5-6,10,13-14,17H,1,4,7-9H2,(H,16,18). The molecule has 1 aliphatic carbocycles. The summed E-state index contributed by atoms with van der Waals surface area (Å²) in [4.78, 5) is 12.0. The van der Waals surface area contributed by atoms with Crippen molar-refractivity contribution in [2.45, 2.75) is 25.4 Å². The summed E-state index contributed by atoms with van der Waals surface area (Å²) in [5, 5.41) is 12.5. The van der Waals surface area contributed by atoms with Crippen molar-refractivity contribution in [2.75, 3.05) is 11.9 Å². The Kier molecular flexibility index (Phi) is 4.58. The van der Waals surface area contributed by atoms with Crippen LogP contribution in [0.2, 0.25) is 0 Å². The monoisotopic (exact) mass is 261 g/mol. The zero-order valence-electron chi connectivity index (χ0n) is 10.8. The minimum absolute atomic E-state index is 0.120. The van der Waals surface area contributed by atoms with E-state index < -0.39 is 6.10 Å². The molecule has 4 nitrogen and oxygen atoms in total. The second kappa shape index (κ2) is 6.38. The average molecular weight is 261 g/mol. The first-order valence-electron chi connectivity index (χ1n) is 6.53. The van der Waals surface area contributed by atoms with Crippen LogP contribution in [0.3, 0.4) is 0 Å². The van der Waals surface area contributed by atoms with Gasteiger partial charge in [-0.1, -0.05) is 18.7 Å². The molecule has 0 heterocycles. The van der Waals surface area contributed by atoms with Gasteiger partial charge in [0.05, 0.1) is 12.0 Å². The molecule has 0 aliphatic heterocycles. The third-order valence-corrected chi connectivity index (χ3v) is 3.29. The third-order valence-electron chi connectivity index (χ3n) is 3.29. The highest BCUT2D eigenvalue weighted by atomic mass is 16.5. The van der Waals surface area contributed by atoms with E-state index in [9.17, 15) is 9.90 Å². The molecule has 1 aliphatic rings. The van der Waals surface area contributed by atoms with Crippen LogP contribution in [0.1, 0.15) is 19.3 Å². The predicted molar refractivity (Wildman–Crippen MR) is 74.1 cm³/mol. The van der Waals surface area contributed by atoms with Crippen LogP contribution in [0.15, 0.2) is 36.9 Å². The summed E-state index contributed by atoms with van der Waals surface area (Å²) < 4.78 is 5.41. The van der Waals surface area contributed by atoms with Crippen LogP contribution in [-0.2, 0) is 4.79 Å². The molecule has 19 heavy (non-hydrogen) atoms. The van der Waals surface area contributed by atoms with Crippen molar-refractivity contribution >= 4 is 11.6 Å². The minimum Gasteiger partial charge on any atom is -0.489 e. The van der Waals surface area contributed by atoms with E-state index in [2.05, 4.69) is 11.9 Å². The Morgan fingerprint density at radius 2 is 2.37 bits per heavy atom. The molecule has 0 spiro atoms. The van der Waals surface area contributed by atoms with E-state index in [1.807, 2.05) is 12.1 Å². The summed E-state index contributed by atoms with van der Waals surface area (Å²) in [7, 11) is 0. The van der Waals surface area contributed by atoms with Crippen LogP contribution in [-0.4, -0.2) is 23.7 Å². The van der Waals surface area contributed by atoms with Crippen LogP contribution >= 0.6 is 0 Å². The maximum atomic E-state index is 12.0. The topological polar surface area (TPSA) is 58.6 Å². The van der Waals surface area contributed by atoms with Crippen LogP contribution in [0.25, 0.3) is 0 Å². The molecule has 4 heteroatoms. The zero-order chi connectivity index (χ0) is 13.7. The molecule has 2 N–H and O–H groups in total. The van der Waals surface area contributed by atoms with E-state index in [4.69, 9.17) is 4.74 Å². The van der Waals surface area contributed by atoms with Gasteiger partial charge in [0.1, 0.15) is 12.4 Å². The number of hydrogen-bond donors (Lipinski definition) is 2. The minimum atomic E-state index is -0.514. The quantitative estimate of drug-likeness (QED) is 0.800. The number of amides is 1. The maximum Gasteiger partial charge on any atom is 0.230 e. The number of carbonyl (C=O) groups excluding carboxylic acids is 1. The first-order valence-corrected chi connectivity index (χ1v) is 6.53. The number of hydrogen-bond acceptors (Lipinski definition) is 3. The lowest BCUT2D eigenvalue weighted by Crippen LogP contribution is -2.28. The molecule has 1 aromatic carbocycles. The Labute approximate surface area is 113 Å². The van der Waals surface area contributed by atoms with Crippen molar-refractivity contribution in [2.24, 2.45) is 5.92 Å². The van der Waals surface area contributed by atoms with Crippen molar-refractivity contribution < 1.29 is 14.6 Å². The smallest absolute Gasteiger partial charge is 0.230 e. The maximum absolute atomic E-state index is 12.0. The number of benzene rings is 1. The second-order valence-corrected chi connectivity index (χ2v) is 4.72. The lowest BCUT2D eigenvalue weighted by atomic mass is 10.1. The van der Waals surface area contributed by atoms with Crippen LogP contribution in [0.4, 0.5) is 5.69 Å². The largest absolute Gasteiger partial charge is 0.489 e. The van der Waals surface area contributed by atoms with Gasteiger partial charge in [-0.2, -0.15) is 0 Å². The first kappa shape index (κ1) is 13.6. The van der Waals surface area contributed by atoms with Gasteiger partial charge in [-0.25, -0.2) is 0 Å². The highest BCUT2D eigenvalue weighted by Crippen LogP contribution is 2.27. The number of ether oxygens (including phenoxy) is 1. The van der Waals surface area contributed by atoms with E-state index in [1.54, 1.807) is 18.2 Å². The van der Waals surface area contributed by atoms with Gasteiger partial charge >= 0.3 is 0 Å². The number of carbonyl (C=O) groups is 1. The number of nitrogens with one attached hydrogen (secondary N) is 1. The number of rotatable bonds is 5. The molecule has 1 saturated carbocycles. The van der Waals surface area contributed by atoms with Crippen LogP contribution in [0, 0.1) is 5.92 Å². The number of anilines is 1. The highest BCUT2D eigenvalue weighted by Gasteiger charge is 2.31. The highest BCUT2D eigenvalue weighted by molar-refractivity contribution is 5.93. The van der Waals surface area contributed by atoms with E-state index in [0.717, 1.165) is 12.8 Å². The summed E-state index contributed by atoms with van der Waals surface area (Å²) in [6.45, 7) is 4.01. The van der Waals surface area contributed by atoms with Crippen molar-refractivity contribution in [1.82, 2.24) is 0 Å². The molecule has 2 atom stereocenters. The van der Waals surface area contributed by atoms with Gasteiger partial charge < -0.3 is 15.2 Å². The van der Waals surface area contributed by atoms with Crippen LogP contribution < -0.4 is 10.1 Å². The molecular weight excluding hydrogens is 242 g/mol. The molecule has 2 unspecified atom stereocenters. The molecule has 0 aromatic heterocycles. The van der Waals surface area contributed by atoms with Gasteiger partial charge in [0, 0.05) is 11.8 Å². The van der Waals surface area contributed by atoms with Gasteiger partial charge in [-0.05, 0) is 31.4 Å². The lowest BCUT2D eigenvalue weighted by molar-refractivity contribution is -0.122. The molecule has 0 bridgehead atoms. The van der Waals surface area contributed by atoms with E-state index in [1.165, 1.54) is 0 Å². The molecule has 0 radical (unpaired) electrons. The van der Waals surface area contributed by atoms with Gasteiger partial charge in [-0.3, -0.25) is 4.79 Å². The molecule has 1 aromatic rings. The van der Waals surface area contributed by atoms with Crippen molar-refractivity contribution in [3.8, 4) is 5.75 Å². The van der Waals surface area contributed by atoms with E-state index >= 15 is 0 Å². The zero-order valence-corrected chi connectivity index (χ0v) is 10.8. The fourth-order valence-corrected chi connectivity index (χ4v) is 2.30. The van der Waals surface area contributed by atoms with E-state index in [-0.39, 0.29) is 11.8 Å². The number of aliphatic hydroxyl groups excluding tert-OH is 1. The van der Waals surface area contributed by atoms with Gasteiger partial charge in [-0.15, -0.1) is 0 Å². The summed E-state index contributed by atoms with van der Waals surface area (Å²) in [6.07, 6.45) is 3.52. The molecule has 2 rings (SSSR count). The Balaban J connectivity index is 1.98. The molecule has 0 saturated heterocycles. The summed E-state index contributed by atoms with van der Waals surface area (Å²) in [5.41, 5.74) is 0.686. The SMILES string of the molecule is C=CCOc1cccc(NC(=O)C2CCCC2O)c1. The van der Waals surface area contributed by atoms with Gasteiger partial charge in [0.15, 0.2) is 0 Å². The predicted octanol–water partition coefficient (Wildman–Crippen LogP) is 2.35. The van der Waals surface area contributed by atoms with Crippen LogP contribution in [0.5, 0.6) is 5.75 Å². The van der Waals surface area contributed by atoms with Crippen molar-refractivity contribution in [3.05, 3.63) is 36.9 Å². The number of aliphatic hydroxyl groups is 1. The Bertz CT molecular complexity index is 458. The summed E-state index contributed by atoms with van der Waals surface area (Å²) in [5.74, 6) is 0.272. The first-order chi connectivity index (χ1) is 9.20. The van der Waals surface area contributed by atoms with E-state index in [0.29, 0.717) is 24.5 Å². The van der Waals surface area contributed by atoms with Gasteiger partial charge in [0.25, 0.3) is 0 Å². The average Bonchev–Trinajstić information content (AvgIpc) is 2.83. The normalized spacial score (nSPS) is 21.9. The third kappa shape index (κ3) is 3.58. The Morgan fingerprint density at radius 3 is 3.05 bits per heavy atom. The molecule has 102 valence electrons. The fourth-order valence-electron chi connectivity index (χ4n) is 2.30. The Morgan fingerprint density at radius 1 is 1.53 bits per heavy atom. The molecule has 1 fully saturated rings. The van der Waals surface area contributed by atoms with Gasteiger partial charge in [0.2, 0.25) is 5.91 Å². The lowest BCUT2D eigenvalue weighted by Gasteiger charge is -2.14. The molecular formula is C15H19NO3. The second-order valence-electron chi connectivity index (χ2n) is 4.72. The Hall–Kier alpha value is -1.81. The fraction of sp³-hybridized carbons (Fsp3) is 0.400.